The van der Waals surface area contributed by atoms with Gasteiger partial charge in [0.1, 0.15) is 5.82 Å². The van der Waals surface area contributed by atoms with E-state index in [2.05, 4.69) is 20.8 Å². The molecule has 1 saturated carbocycles. The third-order valence-corrected chi connectivity index (χ3v) is 4.37. The Morgan fingerprint density at radius 2 is 1.83 bits per heavy atom. The van der Waals surface area contributed by atoms with Crippen molar-refractivity contribution < 1.29 is 0 Å². The molecule has 3 heteroatoms. The van der Waals surface area contributed by atoms with Crippen LogP contribution in [0.3, 0.4) is 0 Å². The van der Waals surface area contributed by atoms with E-state index in [1.807, 2.05) is 0 Å². The van der Waals surface area contributed by atoms with E-state index in [9.17, 15) is 0 Å². The van der Waals surface area contributed by atoms with E-state index in [1.165, 1.54) is 32.1 Å². The van der Waals surface area contributed by atoms with Crippen LogP contribution in [-0.2, 0) is 6.54 Å². The van der Waals surface area contributed by atoms with Crippen LogP contribution in [0, 0.1) is 19.8 Å². The summed E-state index contributed by atoms with van der Waals surface area (Å²) in [6, 6.07) is 0. The van der Waals surface area contributed by atoms with Gasteiger partial charge >= 0.3 is 0 Å². The van der Waals surface area contributed by atoms with E-state index in [4.69, 9.17) is 15.7 Å². The Balaban J connectivity index is 2.23. The molecule has 1 fully saturated rings. The monoisotopic (exact) mass is 247 g/mol. The molecule has 2 N–H and O–H groups in total. The molecule has 1 aromatic heterocycles. The van der Waals surface area contributed by atoms with Gasteiger partial charge in [0.05, 0.1) is 0 Å². The highest BCUT2D eigenvalue weighted by molar-refractivity contribution is 5.24. The van der Waals surface area contributed by atoms with Crippen molar-refractivity contribution in [2.45, 2.75) is 65.3 Å². The Bertz CT molecular complexity index is 391. The van der Waals surface area contributed by atoms with Gasteiger partial charge in [-0.1, -0.05) is 26.2 Å². The molecule has 3 nitrogen and oxygen atoms in total. The van der Waals surface area contributed by atoms with E-state index < -0.39 is 0 Å². The van der Waals surface area contributed by atoms with Gasteiger partial charge < -0.3 is 5.73 Å². The highest BCUT2D eigenvalue weighted by Gasteiger charge is 2.24. The zero-order valence-electron chi connectivity index (χ0n) is 11.9. The van der Waals surface area contributed by atoms with E-state index >= 15 is 0 Å². The average Bonchev–Trinajstić information content (AvgIpc) is 2.38. The van der Waals surface area contributed by atoms with Crippen LogP contribution < -0.4 is 5.73 Å². The summed E-state index contributed by atoms with van der Waals surface area (Å²) in [6.45, 7) is 6.95. The fourth-order valence-corrected chi connectivity index (χ4v) is 3.14. The van der Waals surface area contributed by atoms with Gasteiger partial charge in [0.15, 0.2) is 0 Å². The molecule has 0 aromatic carbocycles. The molecule has 0 radical (unpaired) electrons. The second-order valence-electron chi connectivity index (χ2n) is 5.57. The minimum Gasteiger partial charge on any atom is -0.326 e. The maximum atomic E-state index is 5.74. The molecule has 1 aromatic rings. The van der Waals surface area contributed by atoms with Crippen molar-refractivity contribution in [3.63, 3.8) is 0 Å². The van der Waals surface area contributed by atoms with Crippen molar-refractivity contribution in [2.75, 3.05) is 0 Å². The largest absolute Gasteiger partial charge is 0.326 e. The van der Waals surface area contributed by atoms with Gasteiger partial charge in [0.2, 0.25) is 0 Å². The summed E-state index contributed by atoms with van der Waals surface area (Å²) in [5.74, 6) is 2.48. The lowest BCUT2D eigenvalue weighted by atomic mass is 9.80. The smallest absolute Gasteiger partial charge is 0.131 e. The number of rotatable bonds is 3. The SMILES string of the molecule is CCC1CCCC(c2nc(C)c(CN)c(C)n2)C1. The number of nitrogens with zero attached hydrogens (tertiary/aromatic N) is 2. The Morgan fingerprint density at radius 3 is 2.39 bits per heavy atom. The van der Waals surface area contributed by atoms with Crippen LogP contribution in [0.4, 0.5) is 0 Å². The molecule has 1 aliphatic rings. The van der Waals surface area contributed by atoms with Crippen LogP contribution in [0.1, 0.15) is 67.7 Å². The predicted molar refractivity (Wildman–Crippen MR) is 74.4 cm³/mol. The minimum absolute atomic E-state index is 0.542. The van der Waals surface area contributed by atoms with Crippen LogP contribution in [-0.4, -0.2) is 9.97 Å². The van der Waals surface area contributed by atoms with E-state index in [0.29, 0.717) is 12.5 Å². The molecular formula is C15H25N3. The van der Waals surface area contributed by atoms with Crippen molar-refractivity contribution in [1.82, 2.24) is 9.97 Å². The maximum Gasteiger partial charge on any atom is 0.131 e. The number of nitrogens with two attached hydrogens (primary N) is 1. The van der Waals surface area contributed by atoms with Crippen LogP contribution in [0.2, 0.25) is 0 Å². The van der Waals surface area contributed by atoms with Crippen LogP contribution in [0.15, 0.2) is 0 Å². The first-order valence-corrected chi connectivity index (χ1v) is 7.19. The zero-order chi connectivity index (χ0) is 13.1. The minimum atomic E-state index is 0.542. The normalized spacial score (nSPS) is 24.2. The van der Waals surface area contributed by atoms with Crippen molar-refractivity contribution in [3.05, 3.63) is 22.8 Å². The summed E-state index contributed by atoms with van der Waals surface area (Å²) in [7, 11) is 0. The number of hydrogen-bond acceptors (Lipinski definition) is 3. The Kier molecular flexibility index (Phi) is 4.33. The lowest BCUT2D eigenvalue weighted by molar-refractivity contribution is 0.306. The quantitative estimate of drug-likeness (QED) is 0.892. The highest BCUT2D eigenvalue weighted by Crippen LogP contribution is 2.36. The third kappa shape index (κ3) is 2.72. The van der Waals surface area contributed by atoms with E-state index in [0.717, 1.165) is 28.7 Å². The molecule has 2 unspecified atom stereocenters. The molecule has 1 heterocycles. The molecule has 2 rings (SSSR count). The van der Waals surface area contributed by atoms with Crippen molar-refractivity contribution in [2.24, 2.45) is 11.7 Å². The summed E-state index contributed by atoms with van der Waals surface area (Å²) in [6.07, 6.45) is 6.50. The maximum absolute atomic E-state index is 5.74. The molecule has 1 aliphatic carbocycles. The van der Waals surface area contributed by atoms with Gasteiger partial charge in [0, 0.05) is 29.4 Å². The molecule has 2 atom stereocenters. The number of aryl methyl sites for hydroxylation is 2. The van der Waals surface area contributed by atoms with E-state index in [1.54, 1.807) is 0 Å². The van der Waals surface area contributed by atoms with Crippen molar-refractivity contribution in [1.29, 1.82) is 0 Å². The van der Waals surface area contributed by atoms with Crippen molar-refractivity contribution in [3.8, 4) is 0 Å². The molecule has 100 valence electrons. The van der Waals surface area contributed by atoms with Crippen LogP contribution in [0.5, 0.6) is 0 Å². The molecule has 0 bridgehead atoms. The first-order valence-electron chi connectivity index (χ1n) is 7.19. The van der Waals surface area contributed by atoms with Gasteiger partial charge in [-0.2, -0.15) is 0 Å². The summed E-state index contributed by atoms with van der Waals surface area (Å²) < 4.78 is 0. The predicted octanol–water partition coefficient (Wildman–Crippen LogP) is 3.24. The van der Waals surface area contributed by atoms with Gasteiger partial charge in [-0.15, -0.1) is 0 Å². The van der Waals surface area contributed by atoms with Crippen LogP contribution >= 0.6 is 0 Å². The van der Waals surface area contributed by atoms with Crippen molar-refractivity contribution >= 4 is 0 Å². The summed E-state index contributed by atoms with van der Waals surface area (Å²) in [5.41, 5.74) is 8.99. The van der Waals surface area contributed by atoms with Gasteiger partial charge in [0.25, 0.3) is 0 Å². The first-order chi connectivity index (χ1) is 8.65. The third-order valence-electron chi connectivity index (χ3n) is 4.37. The second-order valence-corrected chi connectivity index (χ2v) is 5.57. The molecule has 0 spiro atoms. The summed E-state index contributed by atoms with van der Waals surface area (Å²) >= 11 is 0. The standard InChI is InChI=1S/C15H25N3/c1-4-12-6-5-7-13(8-12)15-17-10(2)14(9-16)11(3)18-15/h12-13H,4-9,16H2,1-3H3. The Hall–Kier alpha value is -0.960. The first kappa shape index (κ1) is 13.5. The van der Waals surface area contributed by atoms with Gasteiger partial charge in [-0.3, -0.25) is 0 Å². The summed E-state index contributed by atoms with van der Waals surface area (Å²) in [4.78, 5) is 9.41. The Labute approximate surface area is 110 Å². The Morgan fingerprint density at radius 1 is 1.17 bits per heavy atom. The fraction of sp³-hybridized carbons (Fsp3) is 0.733. The summed E-state index contributed by atoms with van der Waals surface area (Å²) in [5, 5.41) is 0. The fourth-order valence-electron chi connectivity index (χ4n) is 3.14. The molecule has 18 heavy (non-hydrogen) atoms. The van der Waals surface area contributed by atoms with Crippen LogP contribution in [0.25, 0.3) is 0 Å². The van der Waals surface area contributed by atoms with Gasteiger partial charge in [-0.25, -0.2) is 9.97 Å². The molecule has 0 aliphatic heterocycles. The number of hydrogen-bond donors (Lipinski definition) is 1. The van der Waals surface area contributed by atoms with E-state index in [-0.39, 0.29) is 0 Å². The lowest BCUT2D eigenvalue weighted by Gasteiger charge is -2.28. The average molecular weight is 247 g/mol. The topological polar surface area (TPSA) is 51.8 Å². The molecular weight excluding hydrogens is 222 g/mol. The zero-order valence-corrected chi connectivity index (χ0v) is 11.9. The highest BCUT2D eigenvalue weighted by atomic mass is 14.9. The number of aromatic nitrogens is 2. The van der Waals surface area contributed by atoms with Gasteiger partial charge in [-0.05, 0) is 32.6 Å². The molecule has 0 saturated heterocycles. The lowest BCUT2D eigenvalue weighted by Crippen LogP contribution is -2.18. The second kappa shape index (κ2) is 5.79. The molecule has 0 amide bonds.